The maximum Gasteiger partial charge on any atom is 0.226 e. The van der Waals surface area contributed by atoms with Crippen LogP contribution in [0, 0.1) is 5.92 Å². The van der Waals surface area contributed by atoms with Gasteiger partial charge in [0.15, 0.2) is 18.2 Å². The summed E-state index contributed by atoms with van der Waals surface area (Å²) in [5.41, 5.74) is 1.28. The second kappa shape index (κ2) is 14.6. The van der Waals surface area contributed by atoms with Crippen LogP contribution in [0.25, 0.3) is 0 Å². The molecule has 24 heavy (non-hydrogen) atoms. The van der Waals surface area contributed by atoms with Crippen molar-refractivity contribution in [2.45, 2.75) is 66.7 Å². The van der Waals surface area contributed by atoms with Crippen molar-refractivity contribution >= 4 is 0 Å². The predicted octanol–water partition coefficient (Wildman–Crippen LogP) is 4.87. The van der Waals surface area contributed by atoms with E-state index < -0.39 is 0 Å². The Morgan fingerprint density at radius 2 is 1.79 bits per heavy atom. The fourth-order valence-corrected chi connectivity index (χ4v) is 2.00. The quantitative estimate of drug-likeness (QED) is 0.680. The van der Waals surface area contributed by atoms with Gasteiger partial charge in [-0.3, -0.25) is 0 Å². The van der Waals surface area contributed by atoms with Crippen LogP contribution in [-0.2, 0) is 19.3 Å². The molecule has 0 atom stereocenters. The summed E-state index contributed by atoms with van der Waals surface area (Å²) in [5, 5.41) is 4.03. The van der Waals surface area contributed by atoms with E-state index >= 15 is 0 Å². The van der Waals surface area contributed by atoms with Crippen molar-refractivity contribution in [2.24, 2.45) is 5.92 Å². The van der Waals surface area contributed by atoms with Crippen LogP contribution in [0.3, 0.4) is 0 Å². The molecular formula is C20H34N3O+. The zero-order valence-electron chi connectivity index (χ0n) is 16.0. The molecule has 0 saturated carbocycles. The van der Waals surface area contributed by atoms with Crippen molar-refractivity contribution < 1.29 is 9.51 Å². The number of aryl methyl sites for hydroxylation is 3. The van der Waals surface area contributed by atoms with Crippen LogP contribution in [-0.4, -0.2) is 10.1 Å². The largest absolute Gasteiger partial charge is 0.339 e. The summed E-state index contributed by atoms with van der Waals surface area (Å²) < 4.78 is 5.27. The van der Waals surface area contributed by atoms with E-state index in [2.05, 4.69) is 47.7 Å². The molecule has 4 heteroatoms. The van der Waals surface area contributed by atoms with Crippen LogP contribution in [0.15, 0.2) is 41.7 Å². The number of hydrogen-bond donors (Lipinski definition) is 0. The molecular weight excluding hydrogens is 298 g/mol. The summed E-state index contributed by atoms with van der Waals surface area (Å²) in [6, 6.07) is 4.14. The summed E-state index contributed by atoms with van der Waals surface area (Å²) in [5.74, 6) is 2.32. The molecule has 2 aromatic heterocycles. The molecule has 0 aliphatic heterocycles. The van der Waals surface area contributed by atoms with E-state index in [4.69, 9.17) is 4.52 Å². The van der Waals surface area contributed by atoms with Gasteiger partial charge in [-0.25, -0.2) is 4.98 Å². The second-order valence-electron chi connectivity index (χ2n) is 5.71. The lowest BCUT2D eigenvalue weighted by molar-refractivity contribution is -0.378. The van der Waals surface area contributed by atoms with Gasteiger partial charge in [-0.1, -0.05) is 45.3 Å². The molecule has 0 saturated heterocycles. The molecule has 2 heterocycles. The van der Waals surface area contributed by atoms with Gasteiger partial charge < -0.3 is 4.52 Å². The van der Waals surface area contributed by atoms with E-state index in [-0.39, 0.29) is 0 Å². The van der Waals surface area contributed by atoms with E-state index in [1.807, 2.05) is 33.2 Å². The highest BCUT2D eigenvalue weighted by Crippen LogP contribution is 2.09. The van der Waals surface area contributed by atoms with E-state index in [1.54, 1.807) is 6.08 Å². The van der Waals surface area contributed by atoms with Crippen LogP contribution in [0.2, 0.25) is 0 Å². The van der Waals surface area contributed by atoms with Gasteiger partial charge in [0.25, 0.3) is 0 Å². The number of hydrogen-bond acceptors (Lipinski definition) is 3. The van der Waals surface area contributed by atoms with Crippen molar-refractivity contribution in [1.29, 1.82) is 0 Å². The molecule has 2 aromatic rings. The maximum atomic E-state index is 5.27. The third-order valence-corrected chi connectivity index (χ3v) is 3.11. The Morgan fingerprint density at radius 1 is 1.17 bits per heavy atom. The molecule has 0 aliphatic rings. The second-order valence-corrected chi connectivity index (χ2v) is 5.71. The zero-order valence-corrected chi connectivity index (χ0v) is 16.0. The Labute approximate surface area is 147 Å². The molecule has 0 unspecified atom stereocenters. The fraction of sp³-hybridized carbons (Fsp3) is 0.550. The minimum absolute atomic E-state index is 0.737. The van der Waals surface area contributed by atoms with Crippen molar-refractivity contribution in [3.8, 4) is 0 Å². The van der Waals surface area contributed by atoms with Crippen molar-refractivity contribution in [2.75, 3.05) is 0 Å². The average Bonchev–Trinajstić information content (AvgIpc) is 3.04. The van der Waals surface area contributed by atoms with Gasteiger partial charge >= 0.3 is 0 Å². The third kappa shape index (κ3) is 10.7. The first-order valence-electron chi connectivity index (χ1n) is 8.99. The molecule has 2 rings (SSSR count). The SMILES string of the molecule is C=CC.CC.CC(C)CCCc1noc(CCc2cc[nH+]cc2)n1. The normalized spacial score (nSPS) is 9.58. The van der Waals surface area contributed by atoms with Crippen LogP contribution in [0.4, 0.5) is 0 Å². The molecule has 0 aromatic carbocycles. The number of pyridine rings is 1. The number of nitrogens with zero attached hydrogens (tertiary/aromatic N) is 2. The van der Waals surface area contributed by atoms with Crippen LogP contribution in [0.1, 0.15) is 64.7 Å². The van der Waals surface area contributed by atoms with Crippen LogP contribution in [0.5, 0.6) is 0 Å². The van der Waals surface area contributed by atoms with Gasteiger partial charge in [-0.15, -0.1) is 6.58 Å². The molecule has 4 nitrogen and oxygen atoms in total. The van der Waals surface area contributed by atoms with Gasteiger partial charge in [0.1, 0.15) is 0 Å². The minimum atomic E-state index is 0.737. The highest BCUT2D eigenvalue weighted by atomic mass is 16.5. The topological polar surface area (TPSA) is 53.1 Å². The fourth-order valence-electron chi connectivity index (χ4n) is 2.00. The summed E-state index contributed by atoms with van der Waals surface area (Å²) in [7, 11) is 0. The van der Waals surface area contributed by atoms with Crippen molar-refractivity contribution in [3.05, 3.63) is 54.5 Å². The minimum Gasteiger partial charge on any atom is -0.339 e. The number of rotatable bonds is 7. The molecule has 0 spiro atoms. The Hall–Kier alpha value is -1.97. The number of nitrogens with one attached hydrogen (secondary N) is 1. The van der Waals surface area contributed by atoms with E-state index in [1.165, 1.54) is 12.0 Å². The highest BCUT2D eigenvalue weighted by molar-refractivity contribution is 5.08. The van der Waals surface area contributed by atoms with Gasteiger partial charge in [0, 0.05) is 25.0 Å². The molecule has 0 fully saturated rings. The van der Waals surface area contributed by atoms with Crippen molar-refractivity contribution in [1.82, 2.24) is 10.1 Å². The summed E-state index contributed by atoms with van der Waals surface area (Å²) in [4.78, 5) is 7.45. The lowest BCUT2D eigenvalue weighted by Gasteiger charge is -2.00. The Kier molecular flexibility index (Phi) is 13.4. The monoisotopic (exact) mass is 332 g/mol. The predicted molar refractivity (Wildman–Crippen MR) is 99.7 cm³/mol. The highest BCUT2D eigenvalue weighted by Gasteiger charge is 2.07. The Morgan fingerprint density at radius 3 is 2.38 bits per heavy atom. The number of allylic oxidation sites excluding steroid dienone is 1. The molecule has 0 radical (unpaired) electrons. The van der Waals surface area contributed by atoms with E-state index in [0.29, 0.717) is 0 Å². The maximum absolute atomic E-state index is 5.27. The molecule has 0 aliphatic carbocycles. The van der Waals surface area contributed by atoms with Gasteiger partial charge in [-0.2, -0.15) is 4.98 Å². The standard InChI is InChI=1S/C15H21N3O.C3H6.C2H6/c1-12(2)4-3-5-14-17-15(19-18-14)7-6-13-8-10-16-11-9-13;1-3-2;1-2/h8-12H,3-7H2,1-2H3;3H,1H2,2H3;1-2H3/p+1. The molecule has 0 amide bonds. The Bertz CT molecular complexity index is 521. The lowest BCUT2D eigenvalue weighted by atomic mass is 10.1. The zero-order chi connectivity index (χ0) is 18.2. The van der Waals surface area contributed by atoms with Gasteiger partial charge in [0.2, 0.25) is 5.89 Å². The summed E-state index contributed by atoms with van der Waals surface area (Å²) in [6.45, 7) is 13.7. The van der Waals surface area contributed by atoms with Crippen LogP contribution >= 0.6 is 0 Å². The lowest BCUT2D eigenvalue weighted by Crippen LogP contribution is -2.00. The van der Waals surface area contributed by atoms with Gasteiger partial charge in [-0.05, 0) is 31.2 Å². The number of H-pyrrole nitrogens is 1. The van der Waals surface area contributed by atoms with E-state index in [9.17, 15) is 0 Å². The Balaban J connectivity index is 0.000000952. The summed E-state index contributed by atoms with van der Waals surface area (Å²) >= 11 is 0. The molecule has 0 bridgehead atoms. The van der Waals surface area contributed by atoms with Gasteiger partial charge in [0.05, 0.1) is 0 Å². The molecule has 134 valence electrons. The summed E-state index contributed by atoms with van der Waals surface area (Å²) in [6.07, 6.45) is 10.6. The van der Waals surface area contributed by atoms with Crippen LogP contribution < -0.4 is 4.98 Å². The number of aromatic nitrogens is 3. The number of aromatic amines is 1. The third-order valence-electron chi connectivity index (χ3n) is 3.11. The molecule has 1 N–H and O–H groups in total. The van der Waals surface area contributed by atoms with Crippen molar-refractivity contribution in [3.63, 3.8) is 0 Å². The first-order valence-corrected chi connectivity index (χ1v) is 8.99. The average molecular weight is 333 g/mol. The first kappa shape index (κ1) is 22.0. The first-order chi connectivity index (χ1) is 11.7. The van der Waals surface area contributed by atoms with E-state index in [0.717, 1.165) is 43.3 Å². The smallest absolute Gasteiger partial charge is 0.226 e.